The number of nitrogens with zero attached hydrogens (tertiary/aromatic N) is 1. The first-order valence-electron chi connectivity index (χ1n) is 9.78. The van der Waals surface area contributed by atoms with E-state index in [9.17, 15) is 27.2 Å². The molecule has 30 heavy (non-hydrogen) atoms. The standard InChI is InChI=1S/C22H22F4N2O2/c23-16-11-13-18(14-12-16)28(21(30)22(24,25)26)19(15-7-3-1-4-8-15)20(29)27-17-9-5-2-6-10-17/h1,3-4,7-8,11-14,17,19H,2,5-6,9-10H2,(H,27,29). The van der Waals surface area contributed by atoms with Gasteiger partial charge in [-0.3, -0.25) is 14.5 Å². The van der Waals surface area contributed by atoms with Crippen LogP contribution in [-0.4, -0.2) is 24.0 Å². The molecule has 1 saturated carbocycles. The van der Waals surface area contributed by atoms with Gasteiger partial charge in [-0.2, -0.15) is 13.2 Å². The summed E-state index contributed by atoms with van der Waals surface area (Å²) in [6.45, 7) is 0. The third-order valence-corrected chi connectivity index (χ3v) is 5.14. The van der Waals surface area contributed by atoms with Crippen molar-refractivity contribution in [3.63, 3.8) is 0 Å². The number of halogens is 4. The second kappa shape index (κ2) is 9.28. The zero-order chi connectivity index (χ0) is 21.7. The Bertz CT molecular complexity index is 863. The Labute approximate surface area is 171 Å². The lowest BCUT2D eigenvalue weighted by atomic mass is 9.94. The molecule has 0 aromatic heterocycles. The van der Waals surface area contributed by atoms with Crippen molar-refractivity contribution in [3.05, 3.63) is 66.0 Å². The molecule has 1 aliphatic rings. The van der Waals surface area contributed by atoms with Crippen molar-refractivity contribution < 1.29 is 27.2 Å². The van der Waals surface area contributed by atoms with Gasteiger partial charge in [0.25, 0.3) is 0 Å². The van der Waals surface area contributed by atoms with Crippen LogP contribution in [0.15, 0.2) is 54.6 Å². The molecule has 8 heteroatoms. The summed E-state index contributed by atoms with van der Waals surface area (Å²) in [5.41, 5.74) is 0.0131. The fourth-order valence-electron chi connectivity index (χ4n) is 3.70. The summed E-state index contributed by atoms with van der Waals surface area (Å²) >= 11 is 0. The number of hydrogen-bond donors (Lipinski definition) is 1. The van der Waals surface area contributed by atoms with Gasteiger partial charge in [0.1, 0.15) is 11.9 Å². The van der Waals surface area contributed by atoms with E-state index in [0.717, 1.165) is 56.4 Å². The molecule has 3 rings (SSSR count). The topological polar surface area (TPSA) is 49.4 Å². The van der Waals surface area contributed by atoms with Crippen molar-refractivity contribution in [1.82, 2.24) is 5.32 Å². The molecular formula is C22H22F4N2O2. The van der Waals surface area contributed by atoms with Gasteiger partial charge in [-0.1, -0.05) is 49.6 Å². The van der Waals surface area contributed by atoms with E-state index in [-0.39, 0.29) is 17.3 Å². The maximum Gasteiger partial charge on any atom is 0.471 e. The normalized spacial score (nSPS) is 16.0. The smallest absolute Gasteiger partial charge is 0.351 e. The third-order valence-electron chi connectivity index (χ3n) is 5.14. The van der Waals surface area contributed by atoms with Crippen LogP contribution in [-0.2, 0) is 9.59 Å². The summed E-state index contributed by atoms with van der Waals surface area (Å²) in [4.78, 5) is 26.0. The van der Waals surface area contributed by atoms with Crippen molar-refractivity contribution in [3.8, 4) is 0 Å². The lowest BCUT2D eigenvalue weighted by Crippen LogP contribution is -2.50. The van der Waals surface area contributed by atoms with Crippen molar-refractivity contribution in [1.29, 1.82) is 0 Å². The fraction of sp³-hybridized carbons (Fsp3) is 0.364. The maximum atomic E-state index is 13.5. The zero-order valence-electron chi connectivity index (χ0n) is 16.2. The summed E-state index contributed by atoms with van der Waals surface area (Å²) < 4.78 is 53.8. The number of amides is 2. The minimum Gasteiger partial charge on any atom is -0.351 e. The molecule has 1 N–H and O–H groups in total. The highest BCUT2D eigenvalue weighted by molar-refractivity contribution is 6.03. The molecular weight excluding hydrogens is 400 g/mol. The Hall–Kier alpha value is -2.90. The maximum absolute atomic E-state index is 13.5. The predicted octanol–water partition coefficient (Wildman–Crippen LogP) is 4.91. The molecule has 0 aliphatic heterocycles. The first-order valence-corrected chi connectivity index (χ1v) is 9.78. The van der Waals surface area contributed by atoms with Crippen LogP contribution < -0.4 is 10.2 Å². The van der Waals surface area contributed by atoms with Crippen LogP contribution in [0.3, 0.4) is 0 Å². The molecule has 2 aromatic carbocycles. The molecule has 0 heterocycles. The van der Waals surface area contributed by atoms with Crippen molar-refractivity contribution in [2.24, 2.45) is 0 Å². The highest BCUT2D eigenvalue weighted by Gasteiger charge is 2.47. The number of carbonyl (C=O) groups is 2. The summed E-state index contributed by atoms with van der Waals surface area (Å²) in [5.74, 6) is -3.56. The van der Waals surface area contributed by atoms with Crippen LogP contribution in [0.4, 0.5) is 23.2 Å². The van der Waals surface area contributed by atoms with Crippen LogP contribution >= 0.6 is 0 Å². The van der Waals surface area contributed by atoms with Crippen LogP contribution in [0.25, 0.3) is 0 Å². The average Bonchev–Trinajstić information content (AvgIpc) is 2.73. The highest BCUT2D eigenvalue weighted by Crippen LogP contribution is 2.33. The Kier molecular flexibility index (Phi) is 6.74. The van der Waals surface area contributed by atoms with E-state index in [1.54, 1.807) is 18.2 Å². The van der Waals surface area contributed by atoms with Crippen molar-refractivity contribution in [2.45, 2.75) is 50.4 Å². The molecule has 0 radical (unpaired) electrons. The van der Waals surface area contributed by atoms with Gasteiger partial charge in [-0.05, 0) is 42.7 Å². The molecule has 2 aromatic rings. The molecule has 2 amide bonds. The van der Waals surface area contributed by atoms with E-state index in [1.807, 2.05) is 0 Å². The van der Waals surface area contributed by atoms with Crippen LogP contribution in [0.5, 0.6) is 0 Å². The monoisotopic (exact) mass is 422 g/mol. The number of hydrogen-bond acceptors (Lipinski definition) is 2. The summed E-state index contributed by atoms with van der Waals surface area (Å²) in [5, 5.41) is 2.81. The average molecular weight is 422 g/mol. The van der Waals surface area contributed by atoms with E-state index < -0.39 is 29.8 Å². The number of nitrogens with one attached hydrogen (secondary N) is 1. The summed E-state index contributed by atoms with van der Waals surface area (Å²) in [7, 11) is 0. The molecule has 1 atom stereocenters. The van der Waals surface area contributed by atoms with E-state index >= 15 is 0 Å². The number of benzene rings is 2. The molecule has 1 fully saturated rings. The first-order chi connectivity index (χ1) is 14.3. The lowest BCUT2D eigenvalue weighted by molar-refractivity contribution is -0.171. The Morgan fingerprint density at radius 3 is 2.10 bits per heavy atom. The fourth-order valence-corrected chi connectivity index (χ4v) is 3.70. The van der Waals surface area contributed by atoms with Gasteiger partial charge in [-0.25, -0.2) is 4.39 Å². The molecule has 0 spiro atoms. The Balaban J connectivity index is 2.04. The molecule has 0 bridgehead atoms. The number of alkyl halides is 3. The Morgan fingerprint density at radius 2 is 1.53 bits per heavy atom. The predicted molar refractivity (Wildman–Crippen MR) is 104 cm³/mol. The van der Waals surface area contributed by atoms with Gasteiger partial charge in [0.2, 0.25) is 5.91 Å². The van der Waals surface area contributed by atoms with Gasteiger partial charge in [0.05, 0.1) is 0 Å². The van der Waals surface area contributed by atoms with Gasteiger partial charge in [0.15, 0.2) is 0 Å². The molecule has 4 nitrogen and oxygen atoms in total. The number of carbonyl (C=O) groups excluding carboxylic acids is 2. The largest absolute Gasteiger partial charge is 0.471 e. The minimum absolute atomic E-state index is 0.159. The van der Waals surface area contributed by atoms with Crippen molar-refractivity contribution >= 4 is 17.5 Å². The molecule has 1 unspecified atom stereocenters. The van der Waals surface area contributed by atoms with Crippen molar-refractivity contribution in [2.75, 3.05) is 4.90 Å². The number of rotatable bonds is 5. The van der Waals surface area contributed by atoms with Crippen LogP contribution in [0.2, 0.25) is 0 Å². The first kappa shape index (κ1) is 21.8. The quantitative estimate of drug-likeness (QED) is 0.696. The van der Waals surface area contributed by atoms with Gasteiger partial charge in [-0.15, -0.1) is 0 Å². The van der Waals surface area contributed by atoms with E-state index in [0.29, 0.717) is 4.90 Å². The van der Waals surface area contributed by atoms with E-state index in [2.05, 4.69) is 5.32 Å². The van der Waals surface area contributed by atoms with Crippen LogP contribution in [0, 0.1) is 5.82 Å². The molecule has 0 saturated heterocycles. The second-order valence-electron chi connectivity index (χ2n) is 7.31. The van der Waals surface area contributed by atoms with Gasteiger partial charge in [0, 0.05) is 11.7 Å². The van der Waals surface area contributed by atoms with Gasteiger partial charge >= 0.3 is 12.1 Å². The van der Waals surface area contributed by atoms with E-state index in [4.69, 9.17) is 0 Å². The van der Waals surface area contributed by atoms with Gasteiger partial charge < -0.3 is 5.32 Å². The second-order valence-corrected chi connectivity index (χ2v) is 7.31. The third kappa shape index (κ3) is 5.17. The highest BCUT2D eigenvalue weighted by atomic mass is 19.4. The molecule has 160 valence electrons. The molecule has 1 aliphatic carbocycles. The van der Waals surface area contributed by atoms with Crippen LogP contribution in [0.1, 0.15) is 43.7 Å². The number of anilines is 1. The Morgan fingerprint density at radius 1 is 0.933 bits per heavy atom. The summed E-state index contributed by atoms with van der Waals surface area (Å²) in [6, 6.07) is 10.1. The minimum atomic E-state index is -5.22. The lowest BCUT2D eigenvalue weighted by Gasteiger charge is -2.33. The zero-order valence-corrected chi connectivity index (χ0v) is 16.2. The SMILES string of the molecule is O=C(NC1CCCCC1)C(c1ccccc1)N(C(=O)C(F)(F)F)c1ccc(F)cc1. The van der Waals surface area contributed by atoms with E-state index in [1.165, 1.54) is 12.1 Å². The summed E-state index contributed by atoms with van der Waals surface area (Å²) in [6.07, 6.45) is -0.864.